The smallest absolute Gasteiger partial charge is 0.263 e. The first-order chi connectivity index (χ1) is 8.47. The Kier molecular flexibility index (Phi) is 3.47. The maximum Gasteiger partial charge on any atom is 0.263 e. The van der Waals surface area contributed by atoms with Gasteiger partial charge >= 0.3 is 0 Å². The molecule has 2 N–H and O–H groups in total. The number of nitrogens with two attached hydrogens (primary N) is 1. The standard InChI is InChI=1S/C12H12F2N2OS/c1-16(6-11(13)14)12(17)10-5-7-4-8(15)2-3-9(7)18-10/h2-5,11H,6,15H2,1H3. The SMILES string of the molecule is CN(CC(F)F)C(=O)c1cc2cc(N)ccc2s1. The van der Waals surface area contributed by atoms with Gasteiger partial charge in [0.05, 0.1) is 11.4 Å². The lowest BCUT2D eigenvalue weighted by Crippen LogP contribution is -2.30. The number of nitrogens with zero attached hydrogens (tertiary/aromatic N) is 1. The van der Waals surface area contributed by atoms with Gasteiger partial charge in [0.15, 0.2) is 0 Å². The number of halogens is 2. The van der Waals surface area contributed by atoms with Gasteiger partial charge in [0, 0.05) is 17.4 Å². The van der Waals surface area contributed by atoms with Gasteiger partial charge in [0.1, 0.15) is 0 Å². The van der Waals surface area contributed by atoms with Gasteiger partial charge < -0.3 is 10.6 Å². The number of thiophene rings is 1. The predicted molar refractivity (Wildman–Crippen MR) is 69.2 cm³/mol. The van der Waals surface area contributed by atoms with Crippen molar-refractivity contribution in [2.75, 3.05) is 19.3 Å². The van der Waals surface area contributed by atoms with Crippen molar-refractivity contribution in [2.45, 2.75) is 6.43 Å². The highest BCUT2D eigenvalue weighted by atomic mass is 32.1. The van der Waals surface area contributed by atoms with E-state index >= 15 is 0 Å². The molecule has 0 atom stereocenters. The van der Waals surface area contributed by atoms with Crippen LogP contribution in [0, 0.1) is 0 Å². The summed E-state index contributed by atoms with van der Waals surface area (Å²) in [5.41, 5.74) is 6.26. The van der Waals surface area contributed by atoms with Gasteiger partial charge in [-0.1, -0.05) is 0 Å². The van der Waals surface area contributed by atoms with Crippen molar-refractivity contribution in [3.05, 3.63) is 29.1 Å². The second-order valence-corrected chi connectivity index (χ2v) is 5.07. The summed E-state index contributed by atoms with van der Waals surface area (Å²) in [5, 5.41) is 0.855. The van der Waals surface area contributed by atoms with Crippen LogP contribution < -0.4 is 5.73 Å². The fourth-order valence-corrected chi connectivity index (χ4v) is 2.68. The fraction of sp³-hybridized carbons (Fsp3) is 0.250. The van der Waals surface area contributed by atoms with Crippen LogP contribution in [0.25, 0.3) is 10.1 Å². The van der Waals surface area contributed by atoms with Crippen LogP contribution in [-0.2, 0) is 0 Å². The Morgan fingerprint density at radius 1 is 1.44 bits per heavy atom. The highest BCUT2D eigenvalue weighted by Gasteiger charge is 2.17. The molecule has 0 spiro atoms. The normalized spacial score (nSPS) is 11.1. The van der Waals surface area contributed by atoms with Crippen molar-refractivity contribution in [3.63, 3.8) is 0 Å². The van der Waals surface area contributed by atoms with Gasteiger partial charge in [-0.05, 0) is 29.7 Å². The Morgan fingerprint density at radius 3 is 2.83 bits per heavy atom. The highest BCUT2D eigenvalue weighted by molar-refractivity contribution is 7.20. The Labute approximate surface area is 107 Å². The summed E-state index contributed by atoms with van der Waals surface area (Å²) >= 11 is 1.28. The first kappa shape index (κ1) is 12.8. The number of fused-ring (bicyclic) bond motifs is 1. The van der Waals surface area contributed by atoms with Crippen LogP contribution in [0.1, 0.15) is 9.67 Å². The molecule has 0 aliphatic rings. The molecule has 0 aliphatic carbocycles. The molecule has 3 nitrogen and oxygen atoms in total. The number of hydrogen-bond acceptors (Lipinski definition) is 3. The number of carbonyl (C=O) groups excluding carboxylic acids is 1. The number of nitrogen functional groups attached to an aromatic ring is 1. The molecule has 0 fully saturated rings. The van der Waals surface area contributed by atoms with Crippen molar-refractivity contribution in [1.82, 2.24) is 4.90 Å². The van der Waals surface area contributed by atoms with E-state index in [0.29, 0.717) is 10.6 Å². The maximum absolute atomic E-state index is 12.2. The topological polar surface area (TPSA) is 46.3 Å². The van der Waals surface area contributed by atoms with Crippen molar-refractivity contribution in [3.8, 4) is 0 Å². The number of alkyl halides is 2. The summed E-state index contributed by atoms with van der Waals surface area (Å²) in [6.45, 7) is -0.560. The van der Waals surface area contributed by atoms with E-state index in [-0.39, 0.29) is 0 Å². The second kappa shape index (κ2) is 4.89. The summed E-state index contributed by atoms with van der Waals surface area (Å²) in [6, 6.07) is 7.01. The molecule has 96 valence electrons. The second-order valence-electron chi connectivity index (χ2n) is 3.98. The number of hydrogen-bond donors (Lipinski definition) is 1. The molecular formula is C12H12F2N2OS. The van der Waals surface area contributed by atoms with Crippen LogP contribution in [0.2, 0.25) is 0 Å². The lowest BCUT2D eigenvalue weighted by atomic mass is 10.2. The maximum atomic E-state index is 12.2. The molecule has 0 aliphatic heterocycles. The third-order valence-electron chi connectivity index (χ3n) is 2.51. The molecule has 18 heavy (non-hydrogen) atoms. The van der Waals surface area contributed by atoms with Crippen LogP contribution >= 0.6 is 11.3 Å². The van der Waals surface area contributed by atoms with Gasteiger partial charge in [-0.3, -0.25) is 4.79 Å². The zero-order valence-electron chi connectivity index (χ0n) is 9.69. The summed E-state index contributed by atoms with van der Waals surface area (Å²) in [4.78, 5) is 13.4. The summed E-state index contributed by atoms with van der Waals surface area (Å²) in [7, 11) is 1.37. The van der Waals surface area contributed by atoms with Gasteiger partial charge in [0.25, 0.3) is 12.3 Å². The lowest BCUT2D eigenvalue weighted by Gasteiger charge is -2.14. The fourth-order valence-electron chi connectivity index (χ4n) is 1.65. The van der Waals surface area contributed by atoms with Crippen molar-refractivity contribution in [1.29, 1.82) is 0 Å². The average Bonchev–Trinajstić information content (AvgIpc) is 2.69. The molecule has 1 heterocycles. The zero-order chi connectivity index (χ0) is 13.3. The minimum absolute atomic E-state index is 0.393. The van der Waals surface area contributed by atoms with Gasteiger partial charge in [-0.15, -0.1) is 11.3 Å². The molecule has 0 radical (unpaired) electrons. The van der Waals surface area contributed by atoms with E-state index in [2.05, 4.69) is 0 Å². The summed E-state index contributed by atoms with van der Waals surface area (Å²) in [5.74, 6) is -0.393. The Balaban J connectivity index is 2.28. The summed E-state index contributed by atoms with van der Waals surface area (Å²) in [6.07, 6.45) is -2.52. The molecule has 0 bridgehead atoms. The molecule has 1 aromatic heterocycles. The first-order valence-electron chi connectivity index (χ1n) is 5.30. The monoisotopic (exact) mass is 270 g/mol. The van der Waals surface area contributed by atoms with E-state index in [1.54, 1.807) is 18.2 Å². The molecule has 2 rings (SSSR count). The largest absolute Gasteiger partial charge is 0.399 e. The molecule has 6 heteroatoms. The number of benzene rings is 1. The molecular weight excluding hydrogens is 258 g/mol. The van der Waals surface area contributed by atoms with Crippen LogP contribution in [0.5, 0.6) is 0 Å². The van der Waals surface area contributed by atoms with Crippen molar-refractivity contribution in [2.24, 2.45) is 0 Å². The van der Waals surface area contributed by atoms with Crippen molar-refractivity contribution >= 4 is 33.0 Å². The van der Waals surface area contributed by atoms with Crippen LogP contribution in [0.4, 0.5) is 14.5 Å². The minimum atomic E-state index is -2.52. The van der Waals surface area contributed by atoms with Gasteiger partial charge in [0.2, 0.25) is 0 Å². The van der Waals surface area contributed by atoms with Gasteiger partial charge in [-0.25, -0.2) is 8.78 Å². The summed E-state index contributed by atoms with van der Waals surface area (Å²) < 4.78 is 25.3. The number of carbonyl (C=O) groups is 1. The third-order valence-corrected chi connectivity index (χ3v) is 3.61. The quantitative estimate of drug-likeness (QED) is 0.872. The van der Waals surface area contributed by atoms with Crippen LogP contribution in [-0.4, -0.2) is 30.8 Å². The van der Waals surface area contributed by atoms with E-state index in [1.807, 2.05) is 6.07 Å². The third kappa shape index (κ3) is 2.59. The molecule has 0 saturated heterocycles. The number of anilines is 1. The molecule has 0 saturated carbocycles. The van der Waals surface area contributed by atoms with Gasteiger partial charge in [-0.2, -0.15) is 0 Å². The van der Waals surface area contributed by atoms with E-state index in [0.717, 1.165) is 15.0 Å². The van der Waals surface area contributed by atoms with E-state index in [1.165, 1.54) is 18.4 Å². The predicted octanol–water partition coefficient (Wildman–Crippen LogP) is 2.82. The van der Waals surface area contributed by atoms with Crippen LogP contribution in [0.3, 0.4) is 0 Å². The Bertz CT molecular complexity index is 582. The Morgan fingerprint density at radius 2 is 2.17 bits per heavy atom. The first-order valence-corrected chi connectivity index (χ1v) is 6.11. The van der Waals surface area contributed by atoms with E-state index in [9.17, 15) is 13.6 Å². The average molecular weight is 270 g/mol. The number of amides is 1. The molecule has 0 unspecified atom stereocenters. The van der Waals surface area contributed by atoms with E-state index < -0.39 is 18.9 Å². The lowest BCUT2D eigenvalue weighted by molar-refractivity contribution is 0.0624. The van der Waals surface area contributed by atoms with Crippen molar-refractivity contribution < 1.29 is 13.6 Å². The zero-order valence-corrected chi connectivity index (χ0v) is 10.5. The van der Waals surface area contributed by atoms with E-state index in [4.69, 9.17) is 5.73 Å². The number of rotatable bonds is 3. The molecule has 1 aromatic carbocycles. The van der Waals surface area contributed by atoms with Crippen LogP contribution in [0.15, 0.2) is 24.3 Å². The molecule has 1 amide bonds. The molecule has 2 aromatic rings. The highest BCUT2D eigenvalue weighted by Crippen LogP contribution is 2.28. The Hall–Kier alpha value is -1.69. The minimum Gasteiger partial charge on any atom is -0.399 e.